The molecule has 0 spiro atoms. The van der Waals surface area contributed by atoms with Crippen LogP contribution < -0.4 is 0 Å². The summed E-state index contributed by atoms with van der Waals surface area (Å²) in [4.78, 5) is 13.0. The van der Waals surface area contributed by atoms with Crippen molar-refractivity contribution < 1.29 is 23.4 Å². The van der Waals surface area contributed by atoms with E-state index in [1.165, 1.54) is 29.1 Å². The van der Waals surface area contributed by atoms with Crippen LogP contribution in [0.3, 0.4) is 0 Å². The number of aryl methyl sites for hydroxylation is 1. The highest BCUT2D eigenvalue weighted by Gasteiger charge is 2.26. The van der Waals surface area contributed by atoms with Gasteiger partial charge in [0.1, 0.15) is 17.7 Å². The molecule has 1 aromatic heterocycles. The molecule has 9 heteroatoms. The fourth-order valence-electron chi connectivity index (χ4n) is 3.50. The molecule has 1 aliphatic heterocycles. The molecule has 3 aromatic rings. The van der Waals surface area contributed by atoms with Crippen LogP contribution in [0, 0.1) is 11.6 Å². The van der Waals surface area contributed by atoms with E-state index in [0.717, 1.165) is 0 Å². The van der Waals surface area contributed by atoms with Crippen LogP contribution in [0.1, 0.15) is 29.8 Å². The molecule has 1 N–H and O–H groups in total. The van der Waals surface area contributed by atoms with E-state index in [0.29, 0.717) is 22.3 Å². The molecule has 2 aromatic carbocycles. The molecule has 1 fully saturated rings. The highest BCUT2D eigenvalue weighted by atomic mass is 19.1. The van der Waals surface area contributed by atoms with E-state index in [1.54, 1.807) is 43.5 Å². The zero-order chi connectivity index (χ0) is 22.7. The van der Waals surface area contributed by atoms with E-state index in [9.17, 15) is 18.7 Å². The van der Waals surface area contributed by atoms with Gasteiger partial charge in [0.05, 0.1) is 19.6 Å². The molecule has 2 atom stereocenters. The van der Waals surface area contributed by atoms with Crippen molar-refractivity contribution in [3.63, 3.8) is 0 Å². The first kappa shape index (κ1) is 21.5. The number of tetrazole rings is 1. The van der Waals surface area contributed by atoms with Crippen LogP contribution in [0.25, 0.3) is 11.1 Å². The Kier molecular flexibility index (Phi) is 6.18. The summed E-state index contributed by atoms with van der Waals surface area (Å²) >= 11 is 0. The van der Waals surface area contributed by atoms with E-state index in [2.05, 4.69) is 15.4 Å². The molecule has 0 radical (unpaired) electrons. The molecule has 4 rings (SSSR count). The number of benzene rings is 2. The predicted octanol–water partition coefficient (Wildman–Crippen LogP) is 3.07. The van der Waals surface area contributed by atoms with Gasteiger partial charge in [-0.2, -0.15) is 4.80 Å². The van der Waals surface area contributed by atoms with Crippen molar-refractivity contribution >= 4 is 17.1 Å². The number of esters is 1. The summed E-state index contributed by atoms with van der Waals surface area (Å²) in [6.07, 6.45) is 2.09. The Labute approximate surface area is 182 Å². The Bertz CT molecular complexity index is 1120. The Balaban J connectivity index is 1.89. The van der Waals surface area contributed by atoms with Crippen molar-refractivity contribution in [1.82, 2.24) is 20.2 Å². The Morgan fingerprint density at radius 2 is 1.69 bits per heavy atom. The quantitative estimate of drug-likeness (QED) is 0.487. The van der Waals surface area contributed by atoms with Gasteiger partial charge in [0, 0.05) is 17.6 Å². The topological polar surface area (TPSA) is 90.1 Å². The zero-order valence-electron chi connectivity index (χ0n) is 17.2. The molecule has 7 nitrogen and oxygen atoms in total. The van der Waals surface area contributed by atoms with Crippen LogP contribution >= 0.6 is 0 Å². The molecule has 1 saturated heterocycles. The second kappa shape index (κ2) is 9.19. The largest absolute Gasteiger partial charge is 0.458 e. The Morgan fingerprint density at radius 1 is 1.09 bits per heavy atom. The maximum atomic E-state index is 13.6. The number of aromatic nitrogens is 4. The lowest BCUT2D eigenvalue weighted by atomic mass is 9.91. The number of rotatable bonds is 5. The number of aliphatic hydroxyl groups is 1. The van der Waals surface area contributed by atoms with Crippen molar-refractivity contribution in [3.05, 3.63) is 89.3 Å². The summed E-state index contributed by atoms with van der Waals surface area (Å²) < 4.78 is 32.5. The molecule has 0 saturated carbocycles. The van der Waals surface area contributed by atoms with Gasteiger partial charge in [0.2, 0.25) is 5.82 Å². The number of halogens is 2. The van der Waals surface area contributed by atoms with Crippen molar-refractivity contribution in [3.8, 4) is 0 Å². The van der Waals surface area contributed by atoms with Crippen LogP contribution in [0.4, 0.5) is 8.78 Å². The monoisotopic (exact) mass is 438 g/mol. The number of aliphatic hydroxyl groups excluding tert-OH is 1. The van der Waals surface area contributed by atoms with Crippen molar-refractivity contribution in [2.45, 2.75) is 25.0 Å². The minimum atomic E-state index is -0.790. The lowest BCUT2D eigenvalue weighted by Crippen LogP contribution is -2.31. The fraction of sp³-hybridized carbons (Fsp3) is 0.217. The van der Waals surface area contributed by atoms with Crippen LogP contribution in [-0.2, 0) is 16.6 Å². The van der Waals surface area contributed by atoms with Crippen molar-refractivity contribution in [2.24, 2.45) is 7.05 Å². The number of hydrogen-bond acceptors (Lipinski definition) is 6. The first-order valence-electron chi connectivity index (χ1n) is 9.95. The summed E-state index contributed by atoms with van der Waals surface area (Å²) in [5.74, 6) is -1.01. The van der Waals surface area contributed by atoms with E-state index in [4.69, 9.17) is 4.74 Å². The van der Waals surface area contributed by atoms with Crippen molar-refractivity contribution in [1.29, 1.82) is 0 Å². The van der Waals surface area contributed by atoms with Crippen LogP contribution in [0.5, 0.6) is 0 Å². The van der Waals surface area contributed by atoms with Crippen molar-refractivity contribution in [2.75, 3.05) is 0 Å². The van der Waals surface area contributed by atoms with Crippen LogP contribution in [-0.4, -0.2) is 43.5 Å². The first-order valence-corrected chi connectivity index (χ1v) is 9.95. The summed E-state index contributed by atoms with van der Waals surface area (Å²) in [6, 6.07) is 11.7. The molecule has 1 aliphatic rings. The number of carbonyl (C=O) groups excluding carboxylic acids is 1. The van der Waals surface area contributed by atoms with Gasteiger partial charge in [-0.1, -0.05) is 30.3 Å². The maximum absolute atomic E-state index is 13.6. The third-order valence-corrected chi connectivity index (χ3v) is 4.95. The number of carbonyl (C=O) groups is 1. The molecule has 2 unspecified atom stereocenters. The van der Waals surface area contributed by atoms with Gasteiger partial charge in [-0.3, -0.25) is 4.79 Å². The molecule has 0 aliphatic carbocycles. The Hall–Kier alpha value is -3.72. The second-order valence-corrected chi connectivity index (χ2v) is 7.39. The van der Waals surface area contributed by atoms with Gasteiger partial charge in [0.25, 0.3) is 0 Å². The third-order valence-electron chi connectivity index (χ3n) is 4.95. The van der Waals surface area contributed by atoms with E-state index >= 15 is 0 Å². The normalized spacial score (nSPS) is 18.6. The number of nitrogens with zero attached hydrogens (tertiary/aromatic N) is 4. The maximum Gasteiger partial charge on any atom is 0.309 e. The first-order chi connectivity index (χ1) is 15.4. The third kappa shape index (κ3) is 4.94. The minimum Gasteiger partial charge on any atom is -0.458 e. The second-order valence-electron chi connectivity index (χ2n) is 7.39. The number of allylic oxidation sites excluding steroid dienone is 2. The summed E-state index contributed by atoms with van der Waals surface area (Å²) in [5, 5.41) is 22.2. The average molecular weight is 438 g/mol. The van der Waals surface area contributed by atoms with Gasteiger partial charge in [-0.25, -0.2) is 8.78 Å². The smallest absolute Gasteiger partial charge is 0.309 e. The molecule has 0 amide bonds. The highest BCUT2D eigenvalue weighted by Crippen LogP contribution is 2.32. The van der Waals surface area contributed by atoms with Crippen LogP contribution in [0.15, 0.2) is 60.7 Å². The summed E-state index contributed by atoms with van der Waals surface area (Å²) in [6.45, 7) is 0. The molecule has 2 heterocycles. The lowest BCUT2D eigenvalue weighted by Gasteiger charge is -2.23. The summed E-state index contributed by atoms with van der Waals surface area (Å²) in [7, 11) is 1.62. The number of ether oxygens (including phenoxy) is 1. The van der Waals surface area contributed by atoms with Gasteiger partial charge < -0.3 is 9.84 Å². The molecule has 164 valence electrons. The molecule has 0 bridgehead atoms. The zero-order valence-corrected chi connectivity index (χ0v) is 17.2. The number of hydrogen-bond donors (Lipinski definition) is 1. The Morgan fingerprint density at radius 3 is 2.19 bits per heavy atom. The van der Waals surface area contributed by atoms with Gasteiger partial charge >= 0.3 is 5.97 Å². The van der Waals surface area contributed by atoms with Crippen LogP contribution in [0.2, 0.25) is 0 Å². The SMILES string of the molecule is Cn1nnc(C(/C=C/C2CC(O)CC(=O)O2)=C(c2ccc(F)cc2)c2ccc(F)cc2)n1. The van der Waals surface area contributed by atoms with Gasteiger partial charge in [-0.05, 0) is 46.7 Å². The predicted molar refractivity (Wildman–Crippen MR) is 112 cm³/mol. The lowest BCUT2D eigenvalue weighted by molar-refractivity contribution is -0.156. The molecular formula is C23H20F2N4O3. The molecule has 32 heavy (non-hydrogen) atoms. The van der Waals surface area contributed by atoms with E-state index < -0.39 is 29.8 Å². The fourth-order valence-corrected chi connectivity index (χ4v) is 3.50. The van der Waals surface area contributed by atoms with Gasteiger partial charge in [0.15, 0.2) is 0 Å². The minimum absolute atomic E-state index is 0.0465. The van der Waals surface area contributed by atoms with E-state index in [1.807, 2.05) is 0 Å². The standard InChI is InChI=1S/C23H20F2N4O3/c1-29-27-23(26-28-29)20(11-10-19-12-18(30)13-21(31)32-19)22(14-2-6-16(24)7-3-14)15-4-8-17(25)9-5-15/h2-11,18-19,30H,12-13H2,1H3/b11-10+. The summed E-state index contributed by atoms with van der Waals surface area (Å²) in [5.41, 5.74) is 2.40. The number of cyclic esters (lactones) is 1. The highest BCUT2D eigenvalue weighted by molar-refractivity contribution is 6.00. The molecular weight excluding hydrogens is 418 g/mol. The average Bonchev–Trinajstić information content (AvgIpc) is 3.18. The van der Waals surface area contributed by atoms with Gasteiger partial charge in [-0.15, -0.1) is 10.2 Å². The van der Waals surface area contributed by atoms with E-state index in [-0.39, 0.29) is 18.7 Å².